The van der Waals surface area contributed by atoms with Crippen LogP contribution in [0.5, 0.6) is 5.75 Å². The lowest BCUT2D eigenvalue weighted by atomic mass is 10.1. The molecule has 146 valence electrons. The number of carbonyl (C=O) groups is 2. The molecule has 1 fully saturated rings. The largest absolute Gasteiger partial charge is 0.483 e. The molecule has 0 aromatic heterocycles. The van der Waals surface area contributed by atoms with Gasteiger partial charge in [0.2, 0.25) is 5.91 Å². The SMILES string of the molecule is C/C(=N\NC(=O)COc1ccc(Cl)cc1C)c1ccc(NC(=O)C2CC2)cc1. The lowest BCUT2D eigenvalue weighted by Gasteiger charge is -2.09. The van der Waals surface area contributed by atoms with Crippen molar-refractivity contribution in [2.45, 2.75) is 26.7 Å². The Hall–Kier alpha value is -2.86. The molecule has 0 bridgehead atoms. The third kappa shape index (κ3) is 5.57. The highest BCUT2D eigenvalue weighted by Crippen LogP contribution is 2.30. The number of rotatable bonds is 7. The molecule has 7 heteroatoms. The van der Waals surface area contributed by atoms with Crippen LogP contribution >= 0.6 is 11.6 Å². The summed E-state index contributed by atoms with van der Waals surface area (Å²) in [6.07, 6.45) is 1.94. The first-order chi connectivity index (χ1) is 13.4. The second-order valence-corrected chi connectivity index (χ2v) is 7.21. The van der Waals surface area contributed by atoms with E-state index in [0.717, 1.165) is 29.7 Å². The third-order valence-corrected chi connectivity index (χ3v) is 4.60. The second kappa shape index (κ2) is 8.89. The Balaban J connectivity index is 1.50. The number of benzene rings is 2. The Morgan fingerprint density at radius 2 is 1.89 bits per heavy atom. The first-order valence-corrected chi connectivity index (χ1v) is 9.43. The molecule has 0 atom stereocenters. The molecule has 0 radical (unpaired) electrons. The molecule has 0 aliphatic heterocycles. The van der Waals surface area contributed by atoms with Gasteiger partial charge >= 0.3 is 0 Å². The molecule has 2 aromatic carbocycles. The Morgan fingerprint density at radius 1 is 1.18 bits per heavy atom. The van der Waals surface area contributed by atoms with E-state index in [2.05, 4.69) is 15.8 Å². The Morgan fingerprint density at radius 3 is 2.54 bits per heavy atom. The van der Waals surface area contributed by atoms with E-state index in [1.54, 1.807) is 25.1 Å². The summed E-state index contributed by atoms with van der Waals surface area (Å²) < 4.78 is 5.49. The molecule has 1 aliphatic rings. The van der Waals surface area contributed by atoms with E-state index < -0.39 is 0 Å². The maximum absolute atomic E-state index is 12.0. The molecule has 1 saturated carbocycles. The molecular weight excluding hydrogens is 378 g/mol. The summed E-state index contributed by atoms with van der Waals surface area (Å²) in [6.45, 7) is 3.51. The van der Waals surface area contributed by atoms with E-state index in [0.29, 0.717) is 16.5 Å². The molecule has 0 spiro atoms. The fraction of sp³-hybridized carbons (Fsp3) is 0.286. The van der Waals surface area contributed by atoms with Crippen molar-refractivity contribution in [2.24, 2.45) is 11.0 Å². The predicted octanol–water partition coefficient (Wildman–Crippen LogP) is 3.92. The molecule has 6 nitrogen and oxygen atoms in total. The lowest BCUT2D eigenvalue weighted by Crippen LogP contribution is -2.25. The number of nitrogens with one attached hydrogen (secondary N) is 2. The second-order valence-electron chi connectivity index (χ2n) is 6.77. The van der Waals surface area contributed by atoms with Crippen molar-refractivity contribution in [3.8, 4) is 5.75 Å². The van der Waals surface area contributed by atoms with E-state index in [4.69, 9.17) is 16.3 Å². The van der Waals surface area contributed by atoms with Crippen LogP contribution in [-0.4, -0.2) is 24.1 Å². The molecule has 1 aliphatic carbocycles. The van der Waals surface area contributed by atoms with Crippen LogP contribution in [0.15, 0.2) is 47.6 Å². The standard InChI is InChI=1S/C21H22ClN3O3/c1-13-11-17(22)7-10-19(13)28-12-20(26)25-24-14(2)15-5-8-18(9-6-15)23-21(27)16-3-4-16/h5-11,16H,3-4,12H2,1-2H3,(H,23,27)(H,25,26)/b24-14+. The van der Waals surface area contributed by atoms with Crippen molar-refractivity contribution >= 4 is 34.8 Å². The smallest absolute Gasteiger partial charge is 0.277 e. The molecule has 0 saturated heterocycles. The van der Waals surface area contributed by atoms with Gasteiger partial charge in [0.1, 0.15) is 5.75 Å². The Bertz CT molecular complexity index is 906. The monoisotopic (exact) mass is 399 g/mol. The van der Waals surface area contributed by atoms with Gasteiger partial charge in [-0.3, -0.25) is 9.59 Å². The summed E-state index contributed by atoms with van der Waals surface area (Å²) in [7, 11) is 0. The van der Waals surface area contributed by atoms with Crippen molar-refractivity contribution < 1.29 is 14.3 Å². The molecule has 0 heterocycles. The molecule has 2 aromatic rings. The van der Waals surface area contributed by atoms with Crippen LogP contribution in [0.25, 0.3) is 0 Å². The number of carbonyl (C=O) groups excluding carboxylic acids is 2. The highest BCUT2D eigenvalue weighted by molar-refractivity contribution is 6.30. The summed E-state index contributed by atoms with van der Waals surface area (Å²) in [4.78, 5) is 23.7. The van der Waals surface area contributed by atoms with E-state index >= 15 is 0 Å². The van der Waals surface area contributed by atoms with Crippen molar-refractivity contribution in [1.29, 1.82) is 0 Å². The lowest BCUT2D eigenvalue weighted by molar-refractivity contribution is -0.123. The quantitative estimate of drug-likeness (QED) is 0.547. The van der Waals surface area contributed by atoms with Crippen molar-refractivity contribution in [1.82, 2.24) is 5.43 Å². The van der Waals surface area contributed by atoms with Crippen LogP contribution in [-0.2, 0) is 9.59 Å². The minimum atomic E-state index is -0.359. The van der Waals surface area contributed by atoms with Gasteiger partial charge in [-0.2, -0.15) is 5.10 Å². The zero-order valence-corrected chi connectivity index (χ0v) is 16.5. The fourth-order valence-corrected chi connectivity index (χ4v) is 2.77. The maximum atomic E-state index is 12.0. The first kappa shape index (κ1) is 19.9. The van der Waals surface area contributed by atoms with Crippen LogP contribution in [0.2, 0.25) is 5.02 Å². The van der Waals surface area contributed by atoms with E-state index in [1.165, 1.54) is 0 Å². The zero-order valence-electron chi connectivity index (χ0n) is 15.8. The van der Waals surface area contributed by atoms with Gasteiger partial charge in [-0.25, -0.2) is 5.43 Å². The number of hydrogen-bond donors (Lipinski definition) is 2. The number of anilines is 1. The summed E-state index contributed by atoms with van der Waals surface area (Å²) in [5.74, 6) is 0.476. The average Bonchev–Trinajstić information content (AvgIpc) is 3.51. The minimum Gasteiger partial charge on any atom is -0.483 e. The molecule has 2 N–H and O–H groups in total. The van der Waals surface area contributed by atoms with Gasteiger partial charge in [0.05, 0.1) is 5.71 Å². The maximum Gasteiger partial charge on any atom is 0.277 e. The highest BCUT2D eigenvalue weighted by Gasteiger charge is 2.29. The fourth-order valence-electron chi connectivity index (χ4n) is 2.55. The summed E-state index contributed by atoms with van der Waals surface area (Å²) >= 11 is 5.90. The Kier molecular flexibility index (Phi) is 6.31. The van der Waals surface area contributed by atoms with Crippen LogP contribution in [0.3, 0.4) is 0 Å². The van der Waals surface area contributed by atoms with Gasteiger partial charge in [-0.05, 0) is 68.1 Å². The first-order valence-electron chi connectivity index (χ1n) is 9.06. The van der Waals surface area contributed by atoms with Crippen LogP contribution in [0.4, 0.5) is 5.69 Å². The number of hydrazone groups is 1. The van der Waals surface area contributed by atoms with Crippen molar-refractivity contribution in [3.05, 3.63) is 58.6 Å². The van der Waals surface area contributed by atoms with Gasteiger partial charge in [-0.15, -0.1) is 0 Å². The van der Waals surface area contributed by atoms with Gasteiger partial charge < -0.3 is 10.1 Å². The number of ether oxygens (including phenoxy) is 1. The zero-order chi connectivity index (χ0) is 20.1. The number of aryl methyl sites for hydroxylation is 1. The number of amides is 2. The van der Waals surface area contributed by atoms with Crippen molar-refractivity contribution in [2.75, 3.05) is 11.9 Å². The van der Waals surface area contributed by atoms with E-state index in [-0.39, 0.29) is 24.3 Å². The summed E-state index contributed by atoms with van der Waals surface area (Å²) in [6, 6.07) is 12.5. The minimum absolute atomic E-state index is 0.0707. The number of nitrogens with zero attached hydrogens (tertiary/aromatic N) is 1. The number of halogens is 1. The molecule has 28 heavy (non-hydrogen) atoms. The Labute approximate surface area is 168 Å². The van der Waals surface area contributed by atoms with E-state index in [9.17, 15) is 9.59 Å². The van der Waals surface area contributed by atoms with Gasteiger partial charge in [0, 0.05) is 16.6 Å². The average molecular weight is 400 g/mol. The highest BCUT2D eigenvalue weighted by atomic mass is 35.5. The van der Waals surface area contributed by atoms with Crippen LogP contribution in [0.1, 0.15) is 30.9 Å². The van der Waals surface area contributed by atoms with Gasteiger partial charge in [-0.1, -0.05) is 23.7 Å². The molecule has 3 rings (SSSR count). The van der Waals surface area contributed by atoms with Crippen molar-refractivity contribution in [3.63, 3.8) is 0 Å². The molecular formula is C21H22ClN3O3. The van der Waals surface area contributed by atoms with Gasteiger partial charge in [0.15, 0.2) is 6.61 Å². The van der Waals surface area contributed by atoms with E-state index in [1.807, 2.05) is 31.2 Å². The predicted molar refractivity (Wildman–Crippen MR) is 110 cm³/mol. The normalized spacial score (nSPS) is 13.8. The van der Waals surface area contributed by atoms with Gasteiger partial charge in [0.25, 0.3) is 5.91 Å². The summed E-state index contributed by atoms with van der Waals surface area (Å²) in [5, 5.41) is 7.61. The third-order valence-electron chi connectivity index (χ3n) is 4.36. The summed E-state index contributed by atoms with van der Waals surface area (Å²) in [5.41, 5.74) is 5.59. The molecule has 2 amide bonds. The van der Waals surface area contributed by atoms with Crippen LogP contribution < -0.4 is 15.5 Å². The number of hydrogen-bond acceptors (Lipinski definition) is 4. The van der Waals surface area contributed by atoms with Crippen LogP contribution in [0, 0.1) is 12.8 Å². The topological polar surface area (TPSA) is 79.8 Å². The molecule has 0 unspecified atom stereocenters.